The Labute approximate surface area is 201 Å². The molecule has 0 unspecified atom stereocenters. The lowest BCUT2D eigenvalue weighted by Crippen LogP contribution is -2.27. The van der Waals surface area contributed by atoms with Crippen LogP contribution in [-0.2, 0) is 25.1 Å². The van der Waals surface area contributed by atoms with Crippen molar-refractivity contribution in [1.82, 2.24) is 24.6 Å². The first kappa shape index (κ1) is 24.2. The summed E-state index contributed by atoms with van der Waals surface area (Å²) in [6.45, 7) is 4.98. The van der Waals surface area contributed by atoms with E-state index in [0.717, 1.165) is 73.1 Å². The number of hydrogen-bond acceptors (Lipinski definition) is 5. The van der Waals surface area contributed by atoms with Gasteiger partial charge in [0.25, 0.3) is 0 Å². The SMILES string of the molecule is Cc1ncsc1-c1nnc(CCCCN2C[C@@H]3C[C@]3(c3ccc(C(F)(F)F)cc3)C2)n1C.Cl. The molecule has 5 rings (SSSR count). The zero-order valence-electron chi connectivity index (χ0n) is 18.6. The Hall–Kier alpha value is -1.97. The maximum Gasteiger partial charge on any atom is 0.416 e. The molecule has 2 aliphatic rings. The second-order valence-electron chi connectivity index (χ2n) is 9.09. The molecule has 10 heteroatoms. The zero-order valence-corrected chi connectivity index (χ0v) is 20.2. The topological polar surface area (TPSA) is 46.8 Å². The molecule has 1 saturated carbocycles. The summed E-state index contributed by atoms with van der Waals surface area (Å²) in [7, 11) is 2.01. The van der Waals surface area contributed by atoms with Crippen LogP contribution >= 0.6 is 23.7 Å². The summed E-state index contributed by atoms with van der Waals surface area (Å²) in [5, 5.41) is 8.73. The van der Waals surface area contributed by atoms with Gasteiger partial charge in [-0.15, -0.1) is 33.9 Å². The maximum atomic E-state index is 12.9. The second-order valence-corrected chi connectivity index (χ2v) is 9.95. The smallest absolute Gasteiger partial charge is 0.313 e. The van der Waals surface area contributed by atoms with Gasteiger partial charge in [0.2, 0.25) is 0 Å². The summed E-state index contributed by atoms with van der Waals surface area (Å²) >= 11 is 1.58. The fourth-order valence-electron chi connectivity index (χ4n) is 5.11. The van der Waals surface area contributed by atoms with Crippen molar-refractivity contribution in [2.24, 2.45) is 13.0 Å². The highest BCUT2D eigenvalue weighted by Crippen LogP contribution is 2.59. The Morgan fingerprint density at radius 1 is 1.15 bits per heavy atom. The highest BCUT2D eigenvalue weighted by Gasteiger charge is 2.60. The van der Waals surface area contributed by atoms with Crippen LogP contribution in [0.2, 0.25) is 0 Å². The van der Waals surface area contributed by atoms with Gasteiger partial charge < -0.3 is 9.47 Å². The molecular formula is C23H27ClF3N5S. The van der Waals surface area contributed by atoms with Crippen molar-refractivity contribution in [3.05, 3.63) is 52.4 Å². The molecule has 33 heavy (non-hydrogen) atoms. The molecule has 2 aromatic heterocycles. The minimum absolute atomic E-state index is 0. The first-order chi connectivity index (χ1) is 15.3. The van der Waals surface area contributed by atoms with Gasteiger partial charge in [-0.2, -0.15) is 13.2 Å². The van der Waals surface area contributed by atoms with Crippen LogP contribution in [0.3, 0.4) is 0 Å². The van der Waals surface area contributed by atoms with Crippen molar-refractivity contribution in [1.29, 1.82) is 0 Å². The van der Waals surface area contributed by atoms with Gasteiger partial charge >= 0.3 is 6.18 Å². The van der Waals surface area contributed by atoms with Crippen molar-refractivity contribution in [2.45, 2.75) is 44.2 Å². The Morgan fingerprint density at radius 2 is 1.91 bits per heavy atom. The molecule has 3 heterocycles. The lowest BCUT2D eigenvalue weighted by atomic mass is 9.94. The maximum absolute atomic E-state index is 12.9. The van der Waals surface area contributed by atoms with Gasteiger partial charge in [0.05, 0.1) is 21.6 Å². The van der Waals surface area contributed by atoms with Crippen molar-refractivity contribution < 1.29 is 13.2 Å². The molecule has 0 bridgehead atoms. The number of halogens is 4. The second kappa shape index (κ2) is 9.00. The third kappa shape index (κ3) is 4.55. The van der Waals surface area contributed by atoms with Gasteiger partial charge in [0.15, 0.2) is 5.82 Å². The number of benzene rings is 1. The predicted octanol–water partition coefficient (Wildman–Crippen LogP) is 5.28. The van der Waals surface area contributed by atoms with Crippen molar-refractivity contribution in [2.75, 3.05) is 19.6 Å². The number of piperidine rings is 1. The van der Waals surface area contributed by atoms with Crippen LogP contribution < -0.4 is 0 Å². The number of fused-ring (bicyclic) bond motifs is 1. The number of alkyl halides is 3. The number of nitrogens with zero attached hydrogens (tertiary/aromatic N) is 5. The monoisotopic (exact) mass is 497 g/mol. The van der Waals surface area contributed by atoms with Gasteiger partial charge in [0, 0.05) is 32.0 Å². The summed E-state index contributed by atoms with van der Waals surface area (Å²) in [5.74, 6) is 2.43. The van der Waals surface area contributed by atoms with Crippen molar-refractivity contribution in [3.8, 4) is 10.7 Å². The number of aromatic nitrogens is 4. The number of aryl methyl sites for hydroxylation is 2. The van der Waals surface area contributed by atoms with Crippen LogP contribution in [0.4, 0.5) is 13.2 Å². The molecule has 0 amide bonds. The summed E-state index contributed by atoms with van der Waals surface area (Å²) in [6.07, 6.45) is -0.209. The molecule has 3 aromatic rings. The Morgan fingerprint density at radius 3 is 2.58 bits per heavy atom. The van der Waals surface area contributed by atoms with Crippen LogP contribution in [0, 0.1) is 12.8 Å². The molecule has 0 N–H and O–H groups in total. The highest BCUT2D eigenvalue weighted by molar-refractivity contribution is 7.13. The molecule has 178 valence electrons. The number of unbranched alkanes of at least 4 members (excludes halogenated alkanes) is 1. The molecule has 1 aliphatic heterocycles. The van der Waals surface area contributed by atoms with E-state index in [-0.39, 0.29) is 17.8 Å². The van der Waals surface area contributed by atoms with Gasteiger partial charge in [-0.05, 0) is 56.3 Å². The molecule has 1 saturated heterocycles. The third-order valence-electron chi connectivity index (χ3n) is 7.04. The molecule has 0 spiro atoms. The van der Waals surface area contributed by atoms with E-state index in [0.29, 0.717) is 5.92 Å². The molecular weight excluding hydrogens is 471 g/mol. The van der Waals surface area contributed by atoms with Gasteiger partial charge in [0.1, 0.15) is 5.82 Å². The van der Waals surface area contributed by atoms with Crippen LogP contribution in [0.15, 0.2) is 29.8 Å². The van der Waals surface area contributed by atoms with Crippen molar-refractivity contribution >= 4 is 23.7 Å². The van der Waals surface area contributed by atoms with Crippen LogP contribution in [0.1, 0.15) is 41.9 Å². The van der Waals surface area contributed by atoms with E-state index in [1.165, 1.54) is 12.1 Å². The third-order valence-corrected chi connectivity index (χ3v) is 7.97. The molecule has 5 nitrogen and oxygen atoms in total. The van der Waals surface area contributed by atoms with Gasteiger partial charge in [-0.1, -0.05) is 12.1 Å². The highest BCUT2D eigenvalue weighted by atomic mass is 35.5. The normalized spacial score (nSPS) is 22.3. The van der Waals surface area contributed by atoms with Crippen LogP contribution in [-0.4, -0.2) is 44.3 Å². The number of thiazole rings is 1. The first-order valence-corrected chi connectivity index (χ1v) is 11.8. The summed E-state index contributed by atoms with van der Waals surface area (Å²) in [6, 6.07) is 5.82. The van der Waals surface area contributed by atoms with Gasteiger partial charge in [-0.25, -0.2) is 4.98 Å². The van der Waals surface area contributed by atoms with E-state index in [1.54, 1.807) is 23.5 Å². The number of hydrogen-bond donors (Lipinski definition) is 0. The van der Waals surface area contributed by atoms with Crippen molar-refractivity contribution in [3.63, 3.8) is 0 Å². The Kier molecular flexibility index (Phi) is 6.59. The average Bonchev–Trinajstić information content (AvgIpc) is 3.05. The summed E-state index contributed by atoms with van der Waals surface area (Å²) < 4.78 is 40.6. The van der Waals surface area contributed by atoms with E-state index >= 15 is 0 Å². The lowest BCUT2D eigenvalue weighted by Gasteiger charge is -2.21. The van der Waals surface area contributed by atoms with E-state index in [1.807, 2.05) is 19.5 Å². The van der Waals surface area contributed by atoms with E-state index < -0.39 is 11.7 Å². The Bertz CT molecular complexity index is 1110. The predicted molar refractivity (Wildman–Crippen MR) is 125 cm³/mol. The van der Waals surface area contributed by atoms with Crippen LogP contribution in [0.25, 0.3) is 10.7 Å². The minimum Gasteiger partial charge on any atom is -0.313 e. The molecule has 0 radical (unpaired) electrons. The van der Waals surface area contributed by atoms with E-state index in [9.17, 15) is 13.2 Å². The molecule has 2 atom stereocenters. The van der Waals surface area contributed by atoms with E-state index in [4.69, 9.17) is 0 Å². The largest absolute Gasteiger partial charge is 0.416 e. The summed E-state index contributed by atoms with van der Waals surface area (Å²) in [5.41, 5.74) is 3.36. The van der Waals surface area contributed by atoms with E-state index in [2.05, 4.69) is 24.6 Å². The quantitative estimate of drug-likeness (QED) is 0.416. The van der Waals surface area contributed by atoms with Crippen LogP contribution in [0.5, 0.6) is 0 Å². The minimum atomic E-state index is -4.27. The first-order valence-electron chi connectivity index (χ1n) is 11.0. The average molecular weight is 498 g/mol. The molecule has 2 fully saturated rings. The summed E-state index contributed by atoms with van der Waals surface area (Å²) in [4.78, 5) is 7.83. The lowest BCUT2D eigenvalue weighted by molar-refractivity contribution is -0.137. The molecule has 1 aromatic carbocycles. The Balaban J connectivity index is 0.00000259. The number of likely N-dealkylation sites (tertiary alicyclic amines) is 1. The molecule has 1 aliphatic carbocycles. The standard InChI is InChI=1S/C23H26F3N5S.ClH/c1-15-20(32-14-27-15)21-29-28-19(30(21)2)5-3-4-10-31-12-18-11-22(18,13-31)16-6-8-17(9-7-16)23(24,25)26;/h6-9,14,18H,3-5,10-13H2,1-2H3;1H/t18-,22+;/m0./s1. The number of rotatable bonds is 7. The fraction of sp³-hybridized carbons (Fsp3) is 0.522. The zero-order chi connectivity index (χ0) is 22.5. The van der Waals surface area contributed by atoms with Gasteiger partial charge in [-0.3, -0.25) is 0 Å². The fourth-order valence-corrected chi connectivity index (χ4v) is 5.93.